The highest BCUT2D eigenvalue weighted by Gasteiger charge is 2.02. The molecule has 0 saturated carbocycles. The summed E-state index contributed by atoms with van der Waals surface area (Å²) in [6.07, 6.45) is 1.72. The standard InChI is InChI=1S/C9H6INO/c10-7-3-4-8-6(9(7)12)2-1-5-11-8/h1-5,12H. The second-order valence-corrected chi connectivity index (χ2v) is 3.63. The number of rotatable bonds is 0. The first-order valence-electron chi connectivity index (χ1n) is 3.51. The van der Waals surface area contributed by atoms with E-state index in [1.54, 1.807) is 6.20 Å². The topological polar surface area (TPSA) is 33.1 Å². The van der Waals surface area contributed by atoms with Crippen LogP contribution in [0.3, 0.4) is 0 Å². The molecule has 1 N–H and O–H groups in total. The van der Waals surface area contributed by atoms with Crippen molar-refractivity contribution in [2.75, 3.05) is 0 Å². The van der Waals surface area contributed by atoms with Gasteiger partial charge in [0.05, 0.1) is 9.09 Å². The SMILES string of the molecule is Oc1c(I)ccc2ncccc12. The van der Waals surface area contributed by atoms with Gasteiger partial charge in [0, 0.05) is 11.6 Å². The first kappa shape index (κ1) is 7.79. The third-order valence-electron chi connectivity index (χ3n) is 1.71. The zero-order chi connectivity index (χ0) is 8.55. The van der Waals surface area contributed by atoms with Gasteiger partial charge in [-0.3, -0.25) is 4.98 Å². The molecule has 0 fully saturated rings. The maximum atomic E-state index is 9.61. The Labute approximate surface area is 83.4 Å². The summed E-state index contributed by atoms with van der Waals surface area (Å²) in [5.74, 6) is 0.321. The van der Waals surface area contributed by atoms with E-state index < -0.39 is 0 Å². The van der Waals surface area contributed by atoms with Crippen LogP contribution < -0.4 is 0 Å². The lowest BCUT2D eigenvalue weighted by Crippen LogP contribution is -1.80. The van der Waals surface area contributed by atoms with E-state index in [0.29, 0.717) is 5.75 Å². The van der Waals surface area contributed by atoms with Gasteiger partial charge in [-0.05, 0) is 46.9 Å². The number of pyridine rings is 1. The summed E-state index contributed by atoms with van der Waals surface area (Å²) >= 11 is 2.09. The minimum absolute atomic E-state index is 0.321. The van der Waals surface area contributed by atoms with Crippen molar-refractivity contribution >= 4 is 33.5 Å². The van der Waals surface area contributed by atoms with Gasteiger partial charge in [0.25, 0.3) is 0 Å². The number of aromatic nitrogens is 1. The van der Waals surface area contributed by atoms with Crippen molar-refractivity contribution in [2.24, 2.45) is 0 Å². The summed E-state index contributed by atoms with van der Waals surface area (Å²) in [6, 6.07) is 7.43. The van der Waals surface area contributed by atoms with E-state index in [-0.39, 0.29) is 0 Å². The van der Waals surface area contributed by atoms with Crippen molar-refractivity contribution in [3.05, 3.63) is 34.0 Å². The van der Waals surface area contributed by atoms with Crippen LogP contribution in [0.25, 0.3) is 10.9 Å². The molecule has 0 aliphatic heterocycles. The summed E-state index contributed by atoms with van der Waals surface area (Å²) in [5, 5.41) is 10.4. The summed E-state index contributed by atoms with van der Waals surface area (Å²) in [6.45, 7) is 0. The highest BCUT2D eigenvalue weighted by molar-refractivity contribution is 14.1. The molecular weight excluding hydrogens is 265 g/mol. The van der Waals surface area contributed by atoms with E-state index in [1.807, 2.05) is 24.3 Å². The fourth-order valence-corrected chi connectivity index (χ4v) is 1.58. The van der Waals surface area contributed by atoms with Crippen molar-refractivity contribution in [2.45, 2.75) is 0 Å². The normalized spacial score (nSPS) is 10.4. The van der Waals surface area contributed by atoms with Crippen LogP contribution in [0.1, 0.15) is 0 Å². The third-order valence-corrected chi connectivity index (χ3v) is 2.58. The highest BCUT2D eigenvalue weighted by Crippen LogP contribution is 2.27. The number of aromatic hydroxyl groups is 1. The average molecular weight is 271 g/mol. The summed E-state index contributed by atoms with van der Waals surface area (Å²) in [5.41, 5.74) is 0.829. The lowest BCUT2D eigenvalue weighted by molar-refractivity contribution is 0.478. The quantitative estimate of drug-likeness (QED) is 0.747. The molecule has 0 saturated heterocycles. The van der Waals surface area contributed by atoms with Crippen molar-refractivity contribution in [3.63, 3.8) is 0 Å². The van der Waals surface area contributed by atoms with Crippen LogP contribution in [0.4, 0.5) is 0 Å². The molecule has 0 atom stereocenters. The molecule has 0 unspecified atom stereocenters. The van der Waals surface area contributed by atoms with Gasteiger partial charge in [0.15, 0.2) is 0 Å². The average Bonchev–Trinajstić information content (AvgIpc) is 2.12. The van der Waals surface area contributed by atoms with Crippen LogP contribution in [0, 0.1) is 3.57 Å². The Balaban J connectivity index is 2.91. The van der Waals surface area contributed by atoms with Gasteiger partial charge in [-0.1, -0.05) is 0 Å². The molecular formula is C9H6INO. The lowest BCUT2D eigenvalue weighted by Gasteiger charge is -2.00. The predicted molar refractivity (Wildman–Crippen MR) is 56.1 cm³/mol. The van der Waals surface area contributed by atoms with E-state index in [1.165, 1.54) is 0 Å². The summed E-state index contributed by atoms with van der Waals surface area (Å²) < 4.78 is 0.855. The second-order valence-electron chi connectivity index (χ2n) is 2.47. The lowest BCUT2D eigenvalue weighted by atomic mass is 10.2. The third kappa shape index (κ3) is 1.14. The molecule has 0 radical (unpaired) electrons. The highest BCUT2D eigenvalue weighted by atomic mass is 127. The number of phenolic OH excluding ortho intramolecular Hbond substituents is 1. The van der Waals surface area contributed by atoms with Crippen molar-refractivity contribution in [1.82, 2.24) is 4.98 Å². The molecule has 1 heterocycles. The van der Waals surface area contributed by atoms with E-state index >= 15 is 0 Å². The van der Waals surface area contributed by atoms with E-state index in [2.05, 4.69) is 27.6 Å². The predicted octanol–water partition coefficient (Wildman–Crippen LogP) is 2.54. The summed E-state index contributed by atoms with van der Waals surface area (Å²) in [4.78, 5) is 4.12. The van der Waals surface area contributed by atoms with Crippen LogP contribution in [0.15, 0.2) is 30.5 Å². The largest absolute Gasteiger partial charge is 0.506 e. The Bertz CT molecular complexity index is 428. The number of benzene rings is 1. The molecule has 1 aromatic carbocycles. The van der Waals surface area contributed by atoms with Crippen molar-refractivity contribution in [1.29, 1.82) is 0 Å². The minimum Gasteiger partial charge on any atom is -0.506 e. The number of phenols is 1. The zero-order valence-electron chi connectivity index (χ0n) is 6.16. The Morgan fingerprint density at radius 2 is 2.08 bits per heavy atom. The second kappa shape index (κ2) is 2.90. The van der Waals surface area contributed by atoms with Crippen LogP contribution in [0.2, 0.25) is 0 Å². The van der Waals surface area contributed by atoms with E-state index in [4.69, 9.17) is 0 Å². The fraction of sp³-hybridized carbons (Fsp3) is 0. The van der Waals surface area contributed by atoms with Gasteiger partial charge in [-0.25, -0.2) is 0 Å². The molecule has 60 valence electrons. The maximum absolute atomic E-state index is 9.61. The molecule has 0 spiro atoms. The van der Waals surface area contributed by atoms with Gasteiger partial charge in [0.2, 0.25) is 0 Å². The van der Waals surface area contributed by atoms with Crippen LogP contribution >= 0.6 is 22.6 Å². The Morgan fingerprint density at radius 1 is 1.25 bits per heavy atom. The van der Waals surface area contributed by atoms with Gasteiger partial charge >= 0.3 is 0 Å². The zero-order valence-corrected chi connectivity index (χ0v) is 8.32. The Kier molecular flexibility index (Phi) is 1.88. The van der Waals surface area contributed by atoms with Gasteiger partial charge in [-0.15, -0.1) is 0 Å². The number of hydrogen-bond acceptors (Lipinski definition) is 2. The molecule has 0 aliphatic rings. The van der Waals surface area contributed by atoms with Crippen molar-refractivity contribution in [3.8, 4) is 5.75 Å². The number of nitrogens with zero attached hydrogens (tertiary/aromatic N) is 1. The first-order valence-corrected chi connectivity index (χ1v) is 4.59. The van der Waals surface area contributed by atoms with Gasteiger partial charge < -0.3 is 5.11 Å². The first-order chi connectivity index (χ1) is 5.79. The monoisotopic (exact) mass is 271 g/mol. The Hall–Kier alpha value is -0.840. The van der Waals surface area contributed by atoms with Crippen LogP contribution in [-0.2, 0) is 0 Å². The molecule has 2 aromatic rings. The molecule has 12 heavy (non-hydrogen) atoms. The number of fused-ring (bicyclic) bond motifs is 1. The number of halogens is 1. The fourth-order valence-electron chi connectivity index (χ4n) is 1.11. The van der Waals surface area contributed by atoms with Crippen LogP contribution in [0.5, 0.6) is 5.75 Å². The van der Waals surface area contributed by atoms with E-state index in [9.17, 15) is 5.11 Å². The molecule has 0 bridgehead atoms. The summed E-state index contributed by atoms with van der Waals surface area (Å²) in [7, 11) is 0. The molecule has 0 aliphatic carbocycles. The maximum Gasteiger partial charge on any atom is 0.138 e. The molecule has 0 amide bonds. The smallest absolute Gasteiger partial charge is 0.138 e. The Morgan fingerprint density at radius 3 is 2.92 bits per heavy atom. The molecule has 3 heteroatoms. The van der Waals surface area contributed by atoms with Crippen molar-refractivity contribution < 1.29 is 5.11 Å². The van der Waals surface area contributed by atoms with Crippen LogP contribution in [-0.4, -0.2) is 10.1 Å². The van der Waals surface area contributed by atoms with Gasteiger partial charge in [-0.2, -0.15) is 0 Å². The van der Waals surface area contributed by atoms with Gasteiger partial charge in [0.1, 0.15) is 5.75 Å². The minimum atomic E-state index is 0.321. The molecule has 2 rings (SSSR count). The van der Waals surface area contributed by atoms with E-state index in [0.717, 1.165) is 14.5 Å². The number of hydrogen-bond donors (Lipinski definition) is 1. The molecule has 1 aromatic heterocycles. The molecule has 2 nitrogen and oxygen atoms in total.